The minimum Gasteiger partial charge on any atom is -0.393 e. The Morgan fingerprint density at radius 1 is 1.27 bits per heavy atom. The zero-order chi connectivity index (χ0) is 15.4. The lowest BCUT2D eigenvalue weighted by molar-refractivity contribution is 0.120. The molecule has 0 bridgehead atoms. The average molecular weight is 300 g/mol. The van der Waals surface area contributed by atoms with Crippen LogP contribution in [0.3, 0.4) is 0 Å². The Kier molecular flexibility index (Phi) is 4.34. The average Bonchev–Trinajstić information content (AvgIpc) is 3.04. The minimum atomic E-state index is 0.226. The van der Waals surface area contributed by atoms with Crippen LogP contribution in [0.5, 0.6) is 0 Å². The highest BCUT2D eigenvalue weighted by atomic mass is 16.5. The predicted molar refractivity (Wildman–Crippen MR) is 86.2 cm³/mol. The van der Waals surface area contributed by atoms with Gasteiger partial charge in [-0.05, 0) is 31.4 Å². The molecule has 2 aromatic heterocycles. The molecule has 2 aromatic rings. The van der Waals surface area contributed by atoms with Crippen molar-refractivity contribution in [3.8, 4) is 0 Å². The summed E-state index contributed by atoms with van der Waals surface area (Å²) in [5.74, 6) is 1.85. The van der Waals surface area contributed by atoms with E-state index >= 15 is 0 Å². The first-order chi connectivity index (χ1) is 10.7. The highest BCUT2D eigenvalue weighted by Crippen LogP contribution is 2.25. The summed E-state index contributed by atoms with van der Waals surface area (Å²) in [6, 6.07) is 3.86. The van der Waals surface area contributed by atoms with Crippen molar-refractivity contribution in [3.63, 3.8) is 0 Å². The second-order valence-corrected chi connectivity index (χ2v) is 5.35. The number of anilines is 4. The van der Waals surface area contributed by atoms with E-state index in [1.54, 1.807) is 6.20 Å². The van der Waals surface area contributed by atoms with Crippen LogP contribution in [0, 0.1) is 6.92 Å². The summed E-state index contributed by atoms with van der Waals surface area (Å²) in [4.78, 5) is 12.7. The van der Waals surface area contributed by atoms with Gasteiger partial charge in [0.15, 0.2) is 11.6 Å². The molecule has 0 aliphatic carbocycles. The number of rotatable bonds is 5. The molecule has 0 aromatic carbocycles. The molecule has 1 unspecified atom stereocenters. The Labute approximate surface area is 129 Å². The smallest absolute Gasteiger partial charge is 0.160 e. The van der Waals surface area contributed by atoms with Gasteiger partial charge >= 0.3 is 0 Å². The fourth-order valence-electron chi connectivity index (χ4n) is 2.31. The van der Waals surface area contributed by atoms with Gasteiger partial charge < -0.3 is 21.1 Å². The molecule has 0 radical (unpaired) electrons. The Morgan fingerprint density at radius 2 is 2.14 bits per heavy atom. The molecule has 1 aliphatic rings. The number of hydrogen-bond acceptors (Lipinski definition) is 7. The van der Waals surface area contributed by atoms with Crippen LogP contribution in [0.15, 0.2) is 24.7 Å². The van der Waals surface area contributed by atoms with Crippen LogP contribution in [-0.2, 0) is 4.74 Å². The molecule has 22 heavy (non-hydrogen) atoms. The van der Waals surface area contributed by atoms with Gasteiger partial charge in [-0.1, -0.05) is 6.07 Å². The molecule has 0 amide bonds. The van der Waals surface area contributed by atoms with Gasteiger partial charge in [0, 0.05) is 19.3 Å². The lowest BCUT2D eigenvalue weighted by atomic mass is 10.2. The number of pyridine rings is 1. The van der Waals surface area contributed by atoms with Crippen molar-refractivity contribution in [1.82, 2.24) is 15.0 Å². The van der Waals surface area contributed by atoms with Crippen LogP contribution >= 0.6 is 0 Å². The van der Waals surface area contributed by atoms with Gasteiger partial charge in [-0.15, -0.1) is 0 Å². The number of ether oxygens (including phenoxy) is 1. The van der Waals surface area contributed by atoms with Gasteiger partial charge in [-0.25, -0.2) is 15.0 Å². The largest absolute Gasteiger partial charge is 0.393 e. The number of aromatic nitrogens is 3. The Bertz CT molecular complexity index is 624. The fourth-order valence-corrected chi connectivity index (χ4v) is 2.31. The summed E-state index contributed by atoms with van der Waals surface area (Å²) >= 11 is 0. The van der Waals surface area contributed by atoms with Crippen LogP contribution in [0.25, 0.3) is 0 Å². The van der Waals surface area contributed by atoms with E-state index in [2.05, 4.69) is 25.6 Å². The third kappa shape index (κ3) is 3.43. The summed E-state index contributed by atoms with van der Waals surface area (Å²) in [5, 5.41) is 6.34. The van der Waals surface area contributed by atoms with Gasteiger partial charge in [-0.2, -0.15) is 0 Å². The van der Waals surface area contributed by atoms with Gasteiger partial charge in [0.25, 0.3) is 0 Å². The van der Waals surface area contributed by atoms with E-state index < -0.39 is 0 Å². The standard InChI is InChI=1S/C15H20N6O/c1-10-4-5-12(17-7-10)21-15-13(16)14(19-9-20-15)18-8-11-3-2-6-22-11/h4-5,7,9,11H,2-3,6,8,16H2,1H3,(H2,17,18,19,20,21). The van der Waals surface area contributed by atoms with E-state index in [1.807, 2.05) is 19.1 Å². The molecule has 0 saturated carbocycles. The van der Waals surface area contributed by atoms with Crippen molar-refractivity contribution in [2.24, 2.45) is 0 Å². The summed E-state index contributed by atoms with van der Waals surface area (Å²) < 4.78 is 5.58. The first kappa shape index (κ1) is 14.5. The molecular weight excluding hydrogens is 280 g/mol. The zero-order valence-electron chi connectivity index (χ0n) is 12.5. The second-order valence-electron chi connectivity index (χ2n) is 5.35. The minimum absolute atomic E-state index is 0.226. The molecule has 7 heteroatoms. The number of nitrogens with zero attached hydrogens (tertiary/aromatic N) is 3. The van der Waals surface area contributed by atoms with E-state index in [0.717, 1.165) is 25.0 Å². The maximum atomic E-state index is 6.13. The monoisotopic (exact) mass is 300 g/mol. The van der Waals surface area contributed by atoms with Crippen LogP contribution < -0.4 is 16.4 Å². The second kappa shape index (κ2) is 6.57. The maximum absolute atomic E-state index is 6.13. The molecule has 7 nitrogen and oxygen atoms in total. The third-order valence-corrected chi connectivity index (χ3v) is 3.56. The highest BCUT2D eigenvalue weighted by molar-refractivity contribution is 5.76. The lowest BCUT2D eigenvalue weighted by Crippen LogP contribution is -2.20. The van der Waals surface area contributed by atoms with Gasteiger partial charge in [0.1, 0.15) is 17.8 Å². The SMILES string of the molecule is Cc1ccc(Nc2ncnc(NCC3CCCO3)c2N)nc1. The number of hydrogen-bond donors (Lipinski definition) is 3. The molecular formula is C15H20N6O. The Hall–Kier alpha value is -2.41. The summed E-state index contributed by atoms with van der Waals surface area (Å²) in [6.07, 6.45) is 5.67. The number of nitrogens with one attached hydrogen (secondary N) is 2. The van der Waals surface area contributed by atoms with E-state index in [9.17, 15) is 0 Å². The van der Waals surface area contributed by atoms with Crippen molar-refractivity contribution in [2.45, 2.75) is 25.9 Å². The summed E-state index contributed by atoms with van der Waals surface area (Å²) in [5.41, 5.74) is 7.70. The fraction of sp³-hybridized carbons (Fsp3) is 0.400. The molecule has 1 fully saturated rings. The van der Waals surface area contributed by atoms with Crippen LogP contribution in [0.2, 0.25) is 0 Å². The topological polar surface area (TPSA) is 98.0 Å². The Morgan fingerprint density at radius 3 is 2.86 bits per heavy atom. The summed E-state index contributed by atoms with van der Waals surface area (Å²) in [6.45, 7) is 3.52. The van der Waals surface area contributed by atoms with Gasteiger partial charge in [0.2, 0.25) is 0 Å². The molecule has 1 aliphatic heterocycles. The lowest BCUT2D eigenvalue weighted by Gasteiger charge is -2.14. The first-order valence-corrected chi connectivity index (χ1v) is 7.38. The molecule has 3 rings (SSSR count). The van der Waals surface area contributed by atoms with Crippen LogP contribution in [0.4, 0.5) is 23.1 Å². The zero-order valence-corrected chi connectivity index (χ0v) is 12.5. The third-order valence-electron chi connectivity index (χ3n) is 3.56. The highest BCUT2D eigenvalue weighted by Gasteiger charge is 2.16. The maximum Gasteiger partial charge on any atom is 0.160 e. The van der Waals surface area contributed by atoms with Gasteiger partial charge in [-0.3, -0.25) is 0 Å². The number of nitrogen functional groups attached to an aromatic ring is 1. The summed E-state index contributed by atoms with van der Waals surface area (Å²) in [7, 11) is 0. The van der Waals surface area contributed by atoms with Crippen molar-refractivity contribution in [3.05, 3.63) is 30.2 Å². The molecule has 3 heterocycles. The number of aryl methyl sites for hydroxylation is 1. The molecule has 116 valence electrons. The van der Waals surface area contributed by atoms with Crippen molar-refractivity contribution in [1.29, 1.82) is 0 Å². The van der Waals surface area contributed by atoms with Crippen molar-refractivity contribution < 1.29 is 4.74 Å². The normalized spacial score (nSPS) is 17.4. The molecule has 1 saturated heterocycles. The van der Waals surface area contributed by atoms with Crippen molar-refractivity contribution >= 4 is 23.1 Å². The molecule has 1 atom stereocenters. The predicted octanol–water partition coefficient (Wildman–Crippen LogP) is 2.10. The van der Waals surface area contributed by atoms with Gasteiger partial charge in [0.05, 0.1) is 6.10 Å². The quantitative estimate of drug-likeness (QED) is 0.777. The van der Waals surface area contributed by atoms with E-state index in [1.165, 1.54) is 6.33 Å². The van der Waals surface area contributed by atoms with Crippen molar-refractivity contribution in [2.75, 3.05) is 29.5 Å². The van der Waals surface area contributed by atoms with E-state index in [-0.39, 0.29) is 6.10 Å². The molecule has 4 N–H and O–H groups in total. The van der Waals surface area contributed by atoms with Crippen LogP contribution in [0.1, 0.15) is 18.4 Å². The van der Waals surface area contributed by atoms with Crippen LogP contribution in [-0.4, -0.2) is 34.2 Å². The Balaban J connectivity index is 1.69. The number of nitrogens with two attached hydrogens (primary N) is 1. The molecule has 0 spiro atoms. The van der Waals surface area contributed by atoms with E-state index in [0.29, 0.717) is 29.7 Å². The van der Waals surface area contributed by atoms with E-state index in [4.69, 9.17) is 10.5 Å². The first-order valence-electron chi connectivity index (χ1n) is 7.38.